The highest BCUT2D eigenvalue weighted by Gasteiger charge is 2.22. The number of nitrogens with one attached hydrogen (secondary N) is 2. The Morgan fingerprint density at radius 3 is 2.36 bits per heavy atom. The Morgan fingerprint density at radius 1 is 1.21 bits per heavy atom. The third-order valence-electron chi connectivity index (χ3n) is 4.01. The van der Waals surface area contributed by atoms with Gasteiger partial charge in [0.25, 0.3) is 5.69 Å². The lowest BCUT2D eigenvalue weighted by molar-refractivity contribution is -0.385. The predicted molar refractivity (Wildman–Crippen MR) is 107 cm³/mol. The zero-order valence-electron chi connectivity index (χ0n) is 15.5. The summed E-state index contributed by atoms with van der Waals surface area (Å²) >= 11 is 5.94. The Morgan fingerprint density at radius 2 is 1.82 bits per heavy atom. The molecule has 0 aliphatic carbocycles. The van der Waals surface area contributed by atoms with Gasteiger partial charge in [-0.15, -0.1) is 0 Å². The number of hydrogen-bond acceptors (Lipinski definition) is 5. The first-order valence-corrected chi connectivity index (χ1v) is 10.2. The number of sulfonamides is 1. The number of nitro groups is 1. The van der Waals surface area contributed by atoms with Gasteiger partial charge < -0.3 is 5.32 Å². The molecule has 2 N–H and O–H groups in total. The number of nitrogens with zero attached hydrogens (tertiary/aromatic N) is 1. The maximum absolute atomic E-state index is 12.5. The summed E-state index contributed by atoms with van der Waals surface area (Å²) in [7, 11) is -4.00. The molecule has 0 saturated heterocycles. The normalized spacial score (nSPS) is 11.5. The summed E-state index contributed by atoms with van der Waals surface area (Å²) in [5, 5.41) is 13.8. The molecular formula is C18H20ClN3O5S. The summed E-state index contributed by atoms with van der Waals surface area (Å²) in [5.41, 5.74) is 1.09. The van der Waals surface area contributed by atoms with Crippen molar-refractivity contribution in [3.05, 3.63) is 62.7 Å². The van der Waals surface area contributed by atoms with Gasteiger partial charge in [0.1, 0.15) is 0 Å². The molecule has 0 bridgehead atoms. The van der Waals surface area contributed by atoms with Crippen molar-refractivity contribution in [1.29, 1.82) is 0 Å². The highest BCUT2D eigenvalue weighted by Crippen LogP contribution is 2.29. The van der Waals surface area contributed by atoms with E-state index in [1.165, 1.54) is 13.0 Å². The van der Waals surface area contributed by atoms with E-state index in [1.807, 2.05) is 0 Å². The molecule has 0 atom stereocenters. The molecule has 0 unspecified atom stereocenters. The monoisotopic (exact) mass is 425 g/mol. The molecule has 10 heteroatoms. The van der Waals surface area contributed by atoms with Crippen LogP contribution in [0, 0.1) is 23.0 Å². The molecule has 0 aliphatic heterocycles. The number of benzene rings is 2. The molecule has 2 aromatic carbocycles. The molecule has 1 amide bonds. The highest BCUT2D eigenvalue weighted by atomic mass is 35.5. The van der Waals surface area contributed by atoms with Crippen LogP contribution in [0.4, 0.5) is 11.4 Å². The zero-order chi connectivity index (χ0) is 21.1. The van der Waals surface area contributed by atoms with Crippen LogP contribution in [-0.2, 0) is 21.4 Å². The summed E-state index contributed by atoms with van der Waals surface area (Å²) in [6.45, 7) is 4.98. The van der Waals surface area contributed by atoms with Gasteiger partial charge in [-0.1, -0.05) is 37.6 Å². The van der Waals surface area contributed by atoms with E-state index in [1.54, 1.807) is 38.1 Å². The van der Waals surface area contributed by atoms with Crippen LogP contribution >= 0.6 is 11.6 Å². The van der Waals surface area contributed by atoms with Crippen LogP contribution < -0.4 is 10.0 Å². The van der Waals surface area contributed by atoms with Gasteiger partial charge in [0, 0.05) is 29.8 Å². The predicted octanol–water partition coefficient (Wildman–Crippen LogP) is 3.63. The van der Waals surface area contributed by atoms with Crippen LogP contribution in [-0.4, -0.2) is 19.2 Å². The lowest BCUT2D eigenvalue weighted by atomic mass is 10.2. The van der Waals surface area contributed by atoms with Crippen molar-refractivity contribution in [1.82, 2.24) is 4.72 Å². The van der Waals surface area contributed by atoms with E-state index in [0.29, 0.717) is 11.3 Å². The standard InChI is InChI=1S/C18H20ClN3O5S/c1-11(2)18(23)21-14-6-4-13(5-7-14)10-20-28(26,27)15-8-16(19)12(3)17(9-15)22(24)25/h4-9,11,20H,10H2,1-3H3,(H,21,23). The second-order valence-electron chi connectivity index (χ2n) is 6.47. The van der Waals surface area contributed by atoms with E-state index >= 15 is 0 Å². The summed E-state index contributed by atoms with van der Waals surface area (Å²) < 4.78 is 27.4. The molecule has 0 spiro atoms. The van der Waals surface area contributed by atoms with Gasteiger partial charge >= 0.3 is 0 Å². The van der Waals surface area contributed by atoms with Crippen molar-refractivity contribution < 1.29 is 18.1 Å². The van der Waals surface area contributed by atoms with Crippen LogP contribution in [0.5, 0.6) is 0 Å². The van der Waals surface area contributed by atoms with Gasteiger partial charge in [-0.25, -0.2) is 13.1 Å². The summed E-state index contributed by atoms with van der Waals surface area (Å²) in [4.78, 5) is 21.8. The largest absolute Gasteiger partial charge is 0.326 e. The van der Waals surface area contributed by atoms with Crippen molar-refractivity contribution in [2.24, 2.45) is 5.92 Å². The highest BCUT2D eigenvalue weighted by molar-refractivity contribution is 7.89. The number of hydrogen-bond donors (Lipinski definition) is 2. The van der Waals surface area contributed by atoms with Gasteiger partial charge in [-0.05, 0) is 30.7 Å². The van der Waals surface area contributed by atoms with Gasteiger partial charge in [-0.3, -0.25) is 14.9 Å². The van der Waals surface area contributed by atoms with E-state index < -0.39 is 14.9 Å². The Labute approximate surface area is 168 Å². The summed E-state index contributed by atoms with van der Waals surface area (Å²) in [6, 6.07) is 8.83. The molecule has 2 aromatic rings. The first-order chi connectivity index (χ1) is 13.0. The average molecular weight is 426 g/mol. The average Bonchev–Trinajstić information content (AvgIpc) is 2.62. The van der Waals surface area contributed by atoms with Crippen LogP contribution in [0.3, 0.4) is 0 Å². The number of anilines is 1. The van der Waals surface area contributed by atoms with Crippen molar-refractivity contribution in [2.45, 2.75) is 32.2 Å². The molecule has 28 heavy (non-hydrogen) atoms. The van der Waals surface area contributed by atoms with Crippen molar-refractivity contribution in [3.8, 4) is 0 Å². The van der Waals surface area contributed by atoms with E-state index in [2.05, 4.69) is 10.0 Å². The van der Waals surface area contributed by atoms with E-state index in [-0.39, 0.29) is 39.5 Å². The molecule has 0 aliphatic rings. The molecule has 2 rings (SSSR count). The Kier molecular flexibility index (Phi) is 6.76. The van der Waals surface area contributed by atoms with Crippen LogP contribution in [0.25, 0.3) is 0 Å². The smallest absolute Gasteiger partial charge is 0.275 e. The molecule has 0 heterocycles. The topological polar surface area (TPSA) is 118 Å². The number of carbonyl (C=O) groups is 1. The van der Waals surface area contributed by atoms with Crippen LogP contribution in [0.15, 0.2) is 41.3 Å². The lowest BCUT2D eigenvalue weighted by Gasteiger charge is -2.10. The maximum Gasteiger partial charge on any atom is 0.275 e. The number of carbonyl (C=O) groups excluding carboxylic acids is 1. The Bertz CT molecular complexity index is 1000. The van der Waals surface area contributed by atoms with Crippen LogP contribution in [0.1, 0.15) is 25.0 Å². The fourth-order valence-electron chi connectivity index (χ4n) is 2.24. The van der Waals surface area contributed by atoms with Gasteiger partial charge in [0.15, 0.2) is 0 Å². The minimum Gasteiger partial charge on any atom is -0.326 e. The molecule has 0 fully saturated rings. The number of halogens is 1. The third-order valence-corrected chi connectivity index (χ3v) is 5.78. The number of amides is 1. The quantitative estimate of drug-likeness (QED) is 0.518. The molecule has 8 nitrogen and oxygen atoms in total. The molecule has 0 radical (unpaired) electrons. The second-order valence-corrected chi connectivity index (χ2v) is 8.65. The van der Waals surface area contributed by atoms with Gasteiger partial charge in [-0.2, -0.15) is 0 Å². The Balaban J connectivity index is 2.14. The third kappa shape index (κ3) is 5.28. The van der Waals surface area contributed by atoms with Crippen molar-refractivity contribution in [3.63, 3.8) is 0 Å². The molecule has 0 aromatic heterocycles. The molecule has 150 valence electrons. The fraction of sp³-hybridized carbons (Fsp3) is 0.278. The van der Waals surface area contributed by atoms with Crippen molar-refractivity contribution >= 4 is 38.9 Å². The zero-order valence-corrected chi connectivity index (χ0v) is 17.1. The molecule has 0 saturated carbocycles. The fourth-order valence-corrected chi connectivity index (χ4v) is 3.58. The van der Waals surface area contributed by atoms with Crippen molar-refractivity contribution in [2.75, 3.05) is 5.32 Å². The maximum atomic E-state index is 12.5. The van der Waals surface area contributed by atoms with E-state index in [4.69, 9.17) is 11.6 Å². The van der Waals surface area contributed by atoms with Gasteiger partial charge in [0.2, 0.25) is 15.9 Å². The van der Waals surface area contributed by atoms with E-state index in [0.717, 1.165) is 6.07 Å². The first kappa shape index (κ1) is 21.8. The lowest BCUT2D eigenvalue weighted by Crippen LogP contribution is -2.23. The Hall–Kier alpha value is -2.49. The number of nitro benzene ring substituents is 1. The molecular weight excluding hydrogens is 406 g/mol. The minimum absolute atomic E-state index is 0.000165. The van der Waals surface area contributed by atoms with Crippen LogP contribution in [0.2, 0.25) is 5.02 Å². The summed E-state index contributed by atoms with van der Waals surface area (Å²) in [5.74, 6) is -0.275. The first-order valence-electron chi connectivity index (χ1n) is 8.35. The second kappa shape index (κ2) is 8.68. The van der Waals surface area contributed by atoms with Gasteiger partial charge in [0.05, 0.1) is 14.8 Å². The number of rotatable bonds is 7. The SMILES string of the molecule is Cc1c(Cl)cc(S(=O)(=O)NCc2ccc(NC(=O)C(C)C)cc2)cc1[N+](=O)[O-]. The minimum atomic E-state index is -4.00. The van der Waals surface area contributed by atoms with E-state index in [9.17, 15) is 23.3 Å². The summed E-state index contributed by atoms with van der Waals surface area (Å²) in [6.07, 6.45) is 0.